The molecule has 1 aromatic rings. The average molecular weight is 285 g/mol. The molecular formula is C16H25F2NO. The van der Waals surface area contributed by atoms with Crippen molar-refractivity contribution >= 4 is 0 Å². The number of ether oxygens (including phenoxy) is 1. The molecule has 0 bridgehead atoms. The van der Waals surface area contributed by atoms with Crippen LogP contribution in [0, 0.1) is 18.6 Å². The SMILES string of the molecule is COCCNCCCCCCc1cc(F)c(C)cc1F. The van der Waals surface area contributed by atoms with Gasteiger partial charge in [0.2, 0.25) is 0 Å². The van der Waals surface area contributed by atoms with Crippen LogP contribution in [0.25, 0.3) is 0 Å². The molecule has 0 spiro atoms. The Morgan fingerprint density at radius 1 is 1.00 bits per heavy atom. The van der Waals surface area contributed by atoms with Gasteiger partial charge in [-0.15, -0.1) is 0 Å². The lowest BCUT2D eigenvalue weighted by molar-refractivity contribution is 0.199. The first kappa shape index (κ1) is 17.1. The van der Waals surface area contributed by atoms with E-state index in [0.717, 1.165) is 45.4 Å². The molecule has 0 fully saturated rings. The first-order chi connectivity index (χ1) is 9.65. The number of rotatable bonds is 10. The maximum absolute atomic E-state index is 13.6. The van der Waals surface area contributed by atoms with Crippen molar-refractivity contribution in [3.8, 4) is 0 Å². The largest absolute Gasteiger partial charge is 0.383 e. The van der Waals surface area contributed by atoms with E-state index < -0.39 is 0 Å². The zero-order valence-corrected chi connectivity index (χ0v) is 12.5. The van der Waals surface area contributed by atoms with Crippen molar-refractivity contribution in [2.24, 2.45) is 0 Å². The number of unbranched alkanes of at least 4 members (excludes halogenated alkanes) is 3. The predicted octanol–water partition coefficient (Wildman–Crippen LogP) is 3.61. The summed E-state index contributed by atoms with van der Waals surface area (Å²) in [5.74, 6) is -0.603. The van der Waals surface area contributed by atoms with E-state index in [1.165, 1.54) is 12.1 Å². The van der Waals surface area contributed by atoms with Crippen molar-refractivity contribution in [1.29, 1.82) is 0 Å². The first-order valence-electron chi connectivity index (χ1n) is 7.29. The smallest absolute Gasteiger partial charge is 0.126 e. The maximum Gasteiger partial charge on any atom is 0.126 e. The Kier molecular flexibility index (Phi) is 8.38. The Morgan fingerprint density at radius 2 is 1.75 bits per heavy atom. The fourth-order valence-corrected chi connectivity index (χ4v) is 2.10. The van der Waals surface area contributed by atoms with E-state index in [1.807, 2.05) is 0 Å². The fourth-order valence-electron chi connectivity index (χ4n) is 2.10. The van der Waals surface area contributed by atoms with E-state index in [-0.39, 0.29) is 11.6 Å². The van der Waals surface area contributed by atoms with Crippen LogP contribution in [0.4, 0.5) is 8.78 Å². The summed E-state index contributed by atoms with van der Waals surface area (Å²) >= 11 is 0. The number of hydrogen-bond acceptors (Lipinski definition) is 2. The predicted molar refractivity (Wildman–Crippen MR) is 78.0 cm³/mol. The van der Waals surface area contributed by atoms with Gasteiger partial charge in [-0.1, -0.05) is 12.8 Å². The lowest BCUT2D eigenvalue weighted by Crippen LogP contribution is -2.20. The molecule has 1 rings (SSSR count). The van der Waals surface area contributed by atoms with Crippen molar-refractivity contribution in [2.75, 3.05) is 26.8 Å². The number of benzene rings is 1. The van der Waals surface area contributed by atoms with Crippen LogP contribution >= 0.6 is 0 Å². The Morgan fingerprint density at radius 3 is 2.50 bits per heavy atom. The van der Waals surface area contributed by atoms with Crippen molar-refractivity contribution < 1.29 is 13.5 Å². The summed E-state index contributed by atoms with van der Waals surface area (Å²) in [6.45, 7) is 4.18. The maximum atomic E-state index is 13.6. The van der Waals surface area contributed by atoms with E-state index in [9.17, 15) is 8.78 Å². The van der Waals surface area contributed by atoms with Crippen molar-refractivity contribution in [1.82, 2.24) is 5.32 Å². The summed E-state index contributed by atoms with van der Waals surface area (Å²) in [6, 6.07) is 2.61. The molecule has 0 saturated heterocycles. The number of methoxy groups -OCH3 is 1. The Hall–Kier alpha value is -1.00. The minimum atomic E-state index is -0.316. The van der Waals surface area contributed by atoms with Gasteiger partial charge >= 0.3 is 0 Å². The molecule has 1 aromatic carbocycles. The zero-order valence-electron chi connectivity index (χ0n) is 12.5. The van der Waals surface area contributed by atoms with E-state index in [1.54, 1.807) is 14.0 Å². The van der Waals surface area contributed by atoms with Crippen molar-refractivity contribution in [3.05, 3.63) is 34.9 Å². The van der Waals surface area contributed by atoms with E-state index in [2.05, 4.69) is 5.32 Å². The minimum absolute atomic E-state index is 0.287. The molecule has 0 aromatic heterocycles. The van der Waals surface area contributed by atoms with Crippen LogP contribution in [-0.2, 0) is 11.2 Å². The van der Waals surface area contributed by atoms with Gasteiger partial charge in [0.25, 0.3) is 0 Å². The fraction of sp³-hybridized carbons (Fsp3) is 0.625. The van der Waals surface area contributed by atoms with Crippen LogP contribution < -0.4 is 5.32 Å². The van der Waals surface area contributed by atoms with Gasteiger partial charge in [0.15, 0.2) is 0 Å². The summed E-state index contributed by atoms with van der Waals surface area (Å²) < 4.78 is 31.9. The van der Waals surface area contributed by atoms with Crippen molar-refractivity contribution in [3.63, 3.8) is 0 Å². The first-order valence-corrected chi connectivity index (χ1v) is 7.29. The molecule has 0 aliphatic carbocycles. The third-order valence-corrected chi connectivity index (χ3v) is 3.36. The molecule has 0 aliphatic heterocycles. The van der Waals surface area contributed by atoms with Crippen LogP contribution in [0.15, 0.2) is 12.1 Å². The molecule has 0 saturated carbocycles. The molecule has 0 aliphatic rings. The summed E-state index contributed by atoms with van der Waals surface area (Å²) in [6.07, 6.45) is 4.77. The molecule has 0 radical (unpaired) electrons. The summed E-state index contributed by atoms with van der Waals surface area (Å²) in [5.41, 5.74) is 0.861. The Balaban J connectivity index is 2.11. The second-order valence-corrected chi connectivity index (χ2v) is 5.10. The quantitative estimate of drug-likeness (QED) is 0.663. The van der Waals surface area contributed by atoms with Crippen LogP contribution in [0.3, 0.4) is 0 Å². The van der Waals surface area contributed by atoms with Crippen LogP contribution in [-0.4, -0.2) is 26.8 Å². The lowest BCUT2D eigenvalue weighted by Gasteiger charge is -2.06. The summed E-state index contributed by atoms with van der Waals surface area (Å²) in [7, 11) is 1.69. The van der Waals surface area contributed by atoms with E-state index in [4.69, 9.17) is 4.74 Å². The molecular weight excluding hydrogens is 260 g/mol. The standard InChI is InChI=1S/C16H25F2NO/c1-13-11-16(18)14(12-15(13)17)7-5-3-4-6-8-19-9-10-20-2/h11-12,19H,3-10H2,1-2H3. The molecule has 0 unspecified atom stereocenters. The molecule has 2 nitrogen and oxygen atoms in total. The average Bonchev–Trinajstić information content (AvgIpc) is 2.42. The number of halogens is 2. The highest BCUT2D eigenvalue weighted by Crippen LogP contribution is 2.16. The van der Waals surface area contributed by atoms with Gasteiger partial charge in [-0.05, 0) is 56.0 Å². The molecule has 0 atom stereocenters. The molecule has 114 valence electrons. The minimum Gasteiger partial charge on any atom is -0.383 e. The topological polar surface area (TPSA) is 21.3 Å². The van der Waals surface area contributed by atoms with E-state index in [0.29, 0.717) is 17.5 Å². The van der Waals surface area contributed by atoms with Gasteiger partial charge in [-0.2, -0.15) is 0 Å². The number of hydrogen-bond donors (Lipinski definition) is 1. The van der Waals surface area contributed by atoms with Gasteiger partial charge < -0.3 is 10.1 Å². The van der Waals surface area contributed by atoms with Gasteiger partial charge in [-0.3, -0.25) is 0 Å². The molecule has 0 heterocycles. The Labute approximate surface area is 120 Å². The van der Waals surface area contributed by atoms with E-state index >= 15 is 0 Å². The molecule has 1 N–H and O–H groups in total. The third kappa shape index (κ3) is 6.44. The summed E-state index contributed by atoms with van der Waals surface area (Å²) in [5, 5.41) is 3.28. The van der Waals surface area contributed by atoms with Gasteiger partial charge in [0, 0.05) is 13.7 Å². The van der Waals surface area contributed by atoms with Crippen LogP contribution in [0.5, 0.6) is 0 Å². The third-order valence-electron chi connectivity index (χ3n) is 3.36. The van der Waals surface area contributed by atoms with Gasteiger partial charge in [0.05, 0.1) is 6.61 Å². The van der Waals surface area contributed by atoms with Crippen LogP contribution in [0.1, 0.15) is 36.8 Å². The Bertz CT molecular complexity index is 396. The number of aryl methyl sites for hydroxylation is 2. The van der Waals surface area contributed by atoms with Crippen molar-refractivity contribution in [2.45, 2.75) is 39.0 Å². The normalized spacial score (nSPS) is 11.0. The second kappa shape index (κ2) is 9.83. The number of nitrogens with one attached hydrogen (secondary N) is 1. The van der Waals surface area contributed by atoms with Gasteiger partial charge in [-0.25, -0.2) is 8.78 Å². The monoisotopic (exact) mass is 285 g/mol. The lowest BCUT2D eigenvalue weighted by atomic mass is 10.0. The molecule has 4 heteroatoms. The molecule has 0 amide bonds. The zero-order chi connectivity index (χ0) is 14.8. The van der Waals surface area contributed by atoms with Gasteiger partial charge in [0.1, 0.15) is 11.6 Å². The highest BCUT2D eigenvalue weighted by atomic mass is 19.1. The highest BCUT2D eigenvalue weighted by molar-refractivity contribution is 5.25. The highest BCUT2D eigenvalue weighted by Gasteiger charge is 2.06. The molecule has 20 heavy (non-hydrogen) atoms. The summed E-state index contributed by atoms with van der Waals surface area (Å²) in [4.78, 5) is 0. The van der Waals surface area contributed by atoms with Crippen LogP contribution in [0.2, 0.25) is 0 Å². The second-order valence-electron chi connectivity index (χ2n) is 5.10.